The number of hydrogen-bond donors (Lipinski definition) is 1. The Balaban J connectivity index is 1.87. The van der Waals surface area contributed by atoms with Gasteiger partial charge in [0.15, 0.2) is 0 Å². The third-order valence-corrected chi connectivity index (χ3v) is 3.22. The van der Waals surface area contributed by atoms with E-state index >= 15 is 0 Å². The molecule has 21 heavy (non-hydrogen) atoms. The molecule has 6 heteroatoms. The van der Waals surface area contributed by atoms with Crippen molar-refractivity contribution in [2.75, 3.05) is 32.1 Å². The van der Waals surface area contributed by atoms with Crippen molar-refractivity contribution in [1.82, 2.24) is 4.90 Å². The van der Waals surface area contributed by atoms with Gasteiger partial charge in [0, 0.05) is 19.3 Å². The van der Waals surface area contributed by atoms with Crippen molar-refractivity contribution in [2.24, 2.45) is 0 Å². The van der Waals surface area contributed by atoms with E-state index in [0.29, 0.717) is 25.4 Å². The Hall–Kier alpha value is -2.08. The van der Waals surface area contributed by atoms with Gasteiger partial charge in [0.25, 0.3) is 5.91 Å². The lowest BCUT2D eigenvalue weighted by Gasteiger charge is -2.29. The van der Waals surface area contributed by atoms with Crippen LogP contribution < -0.4 is 10.1 Å². The van der Waals surface area contributed by atoms with Crippen LogP contribution in [-0.2, 0) is 14.3 Å². The Bertz CT molecular complexity index is 501. The van der Waals surface area contributed by atoms with Gasteiger partial charge in [-0.05, 0) is 31.2 Å². The lowest BCUT2D eigenvalue weighted by Crippen LogP contribution is -2.46. The van der Waals surface area contributed by atoms with E-state index in [0.717, 1.165) is 5.75 Å². The molecular weight excluding hydrogens is 272 g/mol. The van der Waals surface area contributed by atoms with Crippen LogP contribution in [0.3, 0.4) is 0 Å². The number of nitrogens with one attached hydrogen (secondary N) is 1. The van der Waals surface area contributed by atoms with Crippen molar-refractivity contribution >= 4 is 17.5 Å². The molecule has 6 nitrogen and oxygen atoms in total. The summed E-state index contributed by atoms with van der Waals surface area (Å²) < 4.78 is 10.7. The van der Waals surface area contributed by atoms with Crippen LogP contribution in [0.25, 0.3) is 0 Å². The van der Waals surface area contributed by atoms with E-state index < -0.39 is 6.10 Å². The SMILES string of the molecule is CCOc1ccc(NC(=O)CC2OCCN(C)C2=O)cc1. The monoisotopic (exact) mass is 292 g/mol. The number of anilines is 1. The summed E-state index contributed by atoms with van der Waals surface area (Å²) in [7, 11) is 1.71. The molecule has 1 unspecified atom stereocenters. The highest BCUT2D eigenvalue weighted by Gasteiger charge is 2.29. The third kappa shape index (κ3) is 4.19. The van der Waals surface area contributed by atoms with Crippen molar-refractivity contribution in [3.63, 3.8) is 0 Å². The number of carbonyl (C=O) groups is 2. The molecule has 1 N–H and O–H groups in total. The van der Waals surface area contributed by atoms with Crippen LogP contribution in [0.15, 0.2) is 24.3 Å². The topological polar surface area (TPSA) is 67.9 Å². The minimum absolute atomic E-state index is 0.0242. The van der Waals surface area contributed by atoms with Crippen molar-refractivity contribution in [3.8, 4) is 5.75 Å². The average molecular weight is 292 g/mol. The van der Waals surface area contributed by atoms with E-state index in [-0.39, 0.29) is 18.2 Å². The van der Waals surface area contributed by atoms with Gasteiger partial charge in [0.2, 0.25) is 5.91 Å². The number of likely N-dealkylation sites (N-methyl/N-ethyl adjacent to an activating group) is 1. The van der Waals surface area contributed by atoms with Crippen molar-refractivity contribution in [2.45, 2.75) is 19.4 Å². The van der Waals surface area contributed by atoms with Gasteiger partial charge < -0.3 is 19.7 Å². The molecule has 1 aromatic rings. The third-order valence-electron chi connectivity index (χ3n) is 3.22. The predicted molar refractivity (Wildman–Crippen MR) is 78.2 cm³/mol. The van der Waals surface area contributed by atoms with E-state index in [9.17, 15) is 9.59 Å². The van der Waals surface area contributed by atoms with Crippen molar-refractivity contribution in [1.29, 1.82) is 0 Å². The molecule has 1 heterocycles. The molecule has 2 rings (SSSR count). The first-order chi connectivity index (χ1) is 10.1. The zero-order valence-corrected chi connectivity index (χ0v) is 12.3. The zero-order chi connectivity index (χ0) is 15.2. The van der Waals surface area contributed by atoms with Gasteiger partial charge in [-0.15, -0.1) is 0 Å². The van der Waals surface area contributed by atoms with E-state index in [1.54, 1.807) is 36.2 Å². The molecule has 0 aromatic heterocycles. The second-order valence-electron chi connectivity index (χ2n) is 4.83. The zero-order valence-electron chi connectivity index (χ0n) is 12.3. The maximum atomic E-state index is 12.0. The Kier molecular flexibility index (Phi) is 5.16. The normalized spacial score (nSPS) is 18.5. The van der Waals surface area contributed by atoms with Gasteiger partial charge in [-0.25, -0.2) is 0 Å². The fraction of sp³-hybridized carbons (Fsp3) is 0.467. The molecule has 1 aromatic carbocycles. The van der Waals surface area contributed by atoms with Crippen LogP contribution in [0.2, 0.25) is 0 Å². The lowest BCUT2D eigenvalue weighted by atomic mass is 10.2. The minimum Gasteiger partial charge on any atom is -0.494 e. The summed E-state index contributed by atoms with van der Waals surface area (Å²) in [6, 6.07) is 7.10. The molecule has 1 saturated heterocycles. The molecular formula is C15H20N2O4. The Morgan fingerprint density at radius 2 is 2.14 bits per heavy atom. The van der Waals surface area contributed by atoms with Crippen molar-refractivity contribution in [3.05, 3.63) is 24.3 Å². The molecule has 1 aliphatic heterocycles. The maximum Gasteiger partial charge on any atom is 0.252 e. The summed E-state index contributed by atoms with van der Waals surface area (Å²) in [5, 5.41) is 2.75. The summed E-state index contributed by atoms with van der Waals surface area (Å²) in [4.78, 5) is 25.4. The molecule has 1 atom stereocenters. The Morgan fingerprint density at radius 1 is 1.43 bits per heavy atom. The molecule has 0 bridgehead atoms. The fourth-order valence-corrected chi connectivity index (χ4v) is 2.09. The predicted octanol–water partition coefficient (Wildman–Crippen LogP) is 1.27. The lowest BCUT2D eigenvalue weighted by molar-refractivity contribution is -0.153. The van der Waals surface area contributed by atoms with Crippen LogP contribution in [0.1, 0.15) is 13.3 Å². The second kappa shape index (κ2) is 7.08. The highest BCUT2D eigenvalue weighted by molar-refractivity contribution is 5.95. The highest BCUT2D eigenvalue weighted by atomic mass is 16.5. The molecule has 0 spiro atoms. The Labute approximate surface area is 124 Å². The van der Waals surface area contributed by atoms with Crippen LogP contribution in [0.5, 0.6) is 5.75 Å². The van der Waals surface area contributed by atoms with Gasteiger partial charge in [0.05, 0.1) is 19.6 Å². The van der Waals surface area contributed by atoms with E-state index in [2.05, 4.69) is 5.32 Å². The van der Waals surface area contributed by atoms with Gasteiger partial charge in [-0.1, -0.05) is 0 Å². The van der Waals surface area contributed by atoms with E-state index in [1.807, 2.05) is 6.92 Å². The molecule has 0 aliphatic carbocycles. The van der Waals surface area contributed by atoms with Crippen LogP contribution in [-0.4, -0.2) is 49.6 Å². The minimum atomic E-state index is -0.688. The molecule has 1 aliphatic rings. The number of benzene rings is 1. The standard InChI is InChI=1S/C15H20N2O4/c1-3-20-12-6-4-11(5-7-12)16-14(18)10-13-15(19)17(2)8-9-21-13/h4-7,13H,3,8-10H2,1-2H3,(H,16,18). The largest absolute Gasteiger partial charge is 0.494 e. The smallest absolute Gasteiger partial charge is 0.252 e. The highest BCUT2D eigenvalue weighted by Crippen LogP contribution is 2.16. The first kappa shape index (κ1) is 15.3. The second-order valence-corrected chi connectivity index (χ2v) is 4.83. The maximum absolute atomic E-state index is 12.0. The van der Waals surface area contributed by atoms with E-state index in [4.69, 9.17) is 9.47 Å². The number of amides is 2. The first-order valence-corrected chi connectivity index (χ1v) is 6.99. The number of rotatable bonds is 5. The fourth-order valence-electron chi connectivity index (χ4n) is 2.09. The molecule has 0 saturated carbocycles. The number of nitrogens with zero attached hydrogens (tertiary/aromatic N) is 1. The number of morpholine rings is 1. The quantitative estimate of drug-likeness (QED) is 0.887. The average Bonchev–Trinajstić information content (AvgIpc) is 2.46. The summed E-state index contributed by atoms with van der Waals surface area (Å²) in [6.07, 6.45) is -0.664. The summed E-state index contributed by atoms with van der Waals surface area (Å²) in [5.74, 6) is 0.360. The summed E-state index contributed by atoms with van der Waals surface area (Å²) >= 11 is 0. The molecule has 2 amide bonds. The van der Waals surface area contributed by atoms with Gasteiger partial charge >= 0.3 is 0 Å². The van der Waals surface area contributed by atoms with E-state index in [1.165, 1.54) is 0 Å². The number of carbonyl (C=O) groups excluding carboxylic acids is 2. The van der Waals surface area contributed by atoms with Crippen LogP contribution in [0.4, 0.5) is 5.69 Å². The summed E-state index contributed by atoms with van der Waals surface area (Å²) in [6.45, 7) is 3.54. The summed E-state index contributed by atoms with van der Waals surface area (Å²) in [5.41, 5.74) is 0.667. The number of ether oxygens (including phenoxy) is 2. The van der Waals surface area contributed by atoms with Gasteiger partial charge in [-0.2, -0.15) is 0 Å². The first-order valence-electron chi connectivity index (χ1n) is 6.99. The molecule has 114 valence electrons. The van der Waals surface area contributed by atoms with Crippen LogP contribution in [0, 0.1) is 0 Å². The molecule has 1 fully saturated rings. The van der Waals surface area contributed by atoms with Gasteiger partial charge in [-0.3, -0.25) is 9.59 Å². The van der Waals surface area contributed by atoms with Gasteiger partial charge in [0.1, 0.15) is 11.9 Å². The Morgan fingerprint density at radius 3 is 2.81 bits per heavy atom. The molecule has 0 radical (unpaired) electrons. The van der Waals surface area contributed by atoms with Crippen LogP contribution >= 0.6 is 0 Å². The van der Waals surface area contributed by atoms with Crippen molar-refractivity contribution < 1.29 is 19.1 Å². The number of hydrogen-bond acceptors (Lipinski definition) is 4.